The number of fused-ring (bicyclic) bond motifs is 1. The molecule has 0 unspecified atom stereocenters. The summed E-state index contributed by atoms with van der Waals surface area (Å²) < 4.78 is 5.86. The van der Waals surface area contributed by atoms with Crippen molar-refractivity contribution in [3.63, 3.8) is 0 Å². The smallest absolute Gasteiger partial charge is 0.253 e. The van der Waals surface area contributed by atoms with E-state index in [1.165, 1.54) is 11.1 Å². The fourth-order valence-electron chi connectivity index (χ4n) is 4.38. The molecule has 1 aliphatic rings. The second-order valence-electron chi connectivity index (χ2n) is 8.65. The average molecular weight is 450 g/mol. The van der Waals surface area contributed by atoms with Gasteiger partial charge >= 0.3 is 0 Å². The molecule has 0 spiro atoms. The molecule has 1 atom stereocenters. The quantitative estimate of drug-likeness (QED) is 0.529. The molecule has 5 nitrogen and oxygen atoms in total. The molecule has 0 amide bonds. The zero-order valence-corrected chi connectivity index (χ0v) is 19.6. The van der Waals surface area contributed by atoms with E-state index in [1.807, 2.05) is 31.2 Å². The Hall–Kier alpha value is -2.70. The van der Waals surface area contributed by atoms with Gasteiger partial charge in [-0.05, 0) is 74.0 Å². The van der Waals surface area contributed by atoms with Crippen molar-refractivity contribution in [2.24, 2.45) is 0 Å². The Morgan fingerprint density at radius 2 is 2.03 bits per heavy atom. The van der Waals surface area contributed by atoms with E-state index in [2.05, 4.69) is 46.4 Å². The average Bonchev–Trinajstić information content (AvgIpc) is 3.28. The number of benzene rings is 2. The second-order valence-corrected chi connectivity index (χ2v) is 9.04. The van der Waals surface area contributed by atoms with Gasteiger partial charge in [0.15, 0.2) is 5.11 Å². The van der Waals surface area contributed by atoms with E-state index in [9.17, 15) is 4.79 Å². The molecule has 2 heterocycles. The molecule has 1 aromatic heterocycles. The first-order chi connectivity index (χ1) is 15.5. The van der Waals surface area contributed by atoms with Gasteiger partial charge in [0.1, 0.15) is 0 Å². The van der Waals surface area contributed by atoms with Gasteiger partial charge in [-0.1, -0.05) is 42.0 Å². The Bertz CT molecular complexity index is 1140. The first kappa shape index (κ1) is 22.5. The number of H-pyrrole nitrogens is 1. The standard InChI is InChI=1S/C26H31N3O2S/c1-18-13-19(2)24-21(14-18)15-22(25(30)28-24)16-29(17-23-9-6-12-31-23)26(32)27-11-10-20-7-4-3-5-8-20/h3-5,7-8,13-15,23H,6,9-12,16-17H2,1-2H3,(H,27,32)(H,28,30)/t23-/m1/s1. The highest BCUT2D eigenvalue weighted by atomic mass is 32.1. The lowest BCUT2D eigenvalue weighted by atomic mass is 10.1. The SMILES string of the molecule is Cc1cc(C)c2[nH]c(=O)c(CN(C[C@H]3CCCO3)C(=S)NCCc3ccccc3)cc2c1. The van der Waals surface area contributed by atoms with Gasteiger partial charge in [0.2, 0.25) is 0 Å². The Labute approximate surface area is 194 Å². The molecular formula is C26H31N3O2S. The van der Waals surface area contributed by atoms with Gasteiger partial charge in [0, 0.05) is 25.3 Å². The number of nitrogens with zero attached hydrogens (tertiary/aromatic N) is 1. The third-order valence-electron chi connectivity index (χ3n) is 6.00. The maximum absolute atomic E-state index is 12.9. The van der Waals surface area contributed by atoms with Crippen LogP contribution in [0.15, 0.2) is 53.3 Å². The van der Waals surface area contributed by atoms with E-state index in [0.29, 0.717) is 23.8 Å². The van der Waals surface area contributed by atoms with E-state index in [1.54, 1.807) is 0 Å². The normalized spacial score (nSPS) is 15.8. The number of aryl methyl sites for hydroxylation is 2. The van der Waals surface area contributed by atoms with Crippen LogP contribution in [0.3, 0.4) is 0 Å². The first-order valence-corrected chi connectivity index (χ1v) is 11.7. The van der Waals surface area contributed by atoms with Crippen LogP contribution in [0.4, 0.5) is 0 Å². The summed E-state index contributed by atoms with van der Waals surface area (Å²) in [6.07, 6.45) is 3.13. The van der Waals surface area contributed by atoms with Crippen molar-refractivity contribution >= 4 is 28.2 Å². The minimum Gasteiger partial charge on any atom is -0.376 e. The molecule has 0 radical (unpaired) electrons. The van der Waals surface area contributed by atoms with Gasteiger partial charge in [0.05, 0.1) is 18.2 Å². The molecule has 0 bridgehead atoms. The Morgan fingerprint density at radius 3 is 2.78 bits per heavy atom. The lowest BCUT2D eigenvalue weighted by Crippen LogP contribution is -2.44. The summed E-state index contributed by atoms with van der Waals surface area (Å²) in [5, 5.41) is 5.11. The summed E-state index contributed by atoms with van der Waals surface area (Å²) in [5.41, 5.74) is 5.09. The predicted molar refractivity (Wildman–Crippen MR) is 134 cm³/mol. The fourth-order valence-corrected chi connectivity index (χ4v) is 4.62. The molecular weight excluding hydrogens is 418 g/mol. The molecule has 1 saturated heterocycles. The van der Waals surface area contributed by atoms with Crippen molar-refractivity contribution in [1.29, 1.82) is 0 Å². The number of pyridine rings is 1. The molecule has 32 heavy (non-hydrogen) atoms. The third-order valence-corrected chi connectivity index (χ3v) is 6.40. The van der Waals surface area contributed by atoms with Crippen LogP contribution in [-0.4, -0.2) is 40.8 Å². The summed E-state index contributed by atoms with van der Waals surface area (Å²) in [4.78, 5) is 18.0. The van der Waals surface area contributed by atoms with E-state index in [4.69, 9.17) is 17.0 Å². The zero-order valence-electron chi connectivity index (χ0n) is 18.8. The molecule has 3 aromatic rings. The van der Waals surface area contributed by atoms with Crippen LogP contribution in [0.25, 0.3) is 10.9 Å². The summed E-state index contributed by atoms with van der Waals surface area (Å²) >= 11 is 5.75. The minimum absolute atomic E-state index is 0.0612. The van der Waals surface area contributed by atoms with Crippen molar-refractivity contribution in [2.75, 3.05) is 19.7 Å². The van der Waals surface area contributed by atoms with Gasteiger partial charge in [-0.15, -0.1) is 0 Å². The Morgan fingerprint density at radius 1 is 1.22 bits per heavy atom. The number of hydrogen-bond donors (Lipinski definition) is 2. The summed E-state index contributed by atoms with van der Waals surface area (Å²) in [6, 6.07) is 16.6. The number of rotatable bonds is 7. The van der Waals surface area contributed by atoms with Crippen LogP contribution in [0.2, 0.25) is 0 Å². The number of hydrogen-bond acceptors (Lipinski definition) is 3. The van der Waals surface area contributed by atoms with E-state index in [0.717, 1.165) is 48.9 Å². The third kappa shape index (κ3) is 5.56. The number of nitrogens with one attached hydrogen (secondary N) is 2. The number of thiocarbonyl (C=S) groups is 1. The number of aromatic amines is 1. The predicted octanol–water partition coefficient (Wildman–Crippen LogP) is 4.24. The minimum atomic E-state index is -0.0612. The highest BCUT2D eigenvalue weighted by molar-refractivity contribution is 7.80. The molecule has 0 saturated carbocycles. The lowest BCUT2D eigenvalue weighted by molar-refractivity contribution is 0.0897. The maximum Gasteiger partial charge on any atom is 0.253 e. The molecule has 4 rings (SSSR count). The van der Waals surface area contributed by atoms with Gasteiger partial charge in [-0.25, -0.2) is 0 Å². The van der Waals surface area contributed by atoms with Crippen LogP contribution in [0.5, 0.6) is 0 Å². The molecule has 1 aliphatic heterocycles. The van der Waals surface area contributed by atoms with Crippen molar-refractivity contribution in [1.82, 2.24) is 15.2 Å². The fraction of sp³-hybridized carbons (Fsp3) is 0.385. The summed E-state index contributed by atoms with van der Waals surface area (Å²) in [5.74, 6) is 0. The van der Waals surface area contributed by atoms with Gasteiger partial charge in [-0.3, -0.25) is 4.79 Å². The van der Waals surface area contributed by atoms with Crippen molar-refractivity contribution in [2.45, 2.75) is 45.8 Å². The molecule has 0 aliphatic carbocycles. The first-order valence-electron chi connectivity index (χ1n) is 11.3. The largest absolute Gasteiger partial charge is 0.376 e. The molecule has 6 heteroatoms. The van der Waals surface area contributed by atoms with Crippen LogP contribution in [-0.2, 0) is 17.7 Å². The van der Waals surface area contributed by atoms with E-state index >= 15 is 0 Å². The topological polar surface area (TPSA) is 57.4 Å². The van der Waals surface area contributed by atoms with Gasteiger partial charge < -0.3 is 19.9 Å². The van der Waals surface area contributed by atoms with Gasteiger partial charge in [0.25, 0.3) is 5.56 Å². The second kappa shape index (κ2) is 10.3. The number of aromatic nitrogens is 1. The van der Waals surface area contributed by atoms with Crippen LogP contribution in [0, 0.1) is 13.8 Å². The molecule has 2 N–H and O–H groups in total. The van der Waals surface area contributed by atoms with Crippen molar-refractivity contribution < 1.29 is 4.74 Å². The van der Waals surface area contributed by atoms with Crippen molar-refractivity contribution in [3.05, 3.63) is 81.1 Å². The van der Waals surface area contributed by atoms with E-state index < -0.39 is 0 Å². The molecule has 1 fully saturated rings. The van der Waals surface area contributed by atoms with Gasteiger partial charge in [-0.2, -0.15) is 0 Å². The highest BCUT2D eigenvalue weighted by Crippen LogP contribution is 2.19. The number of ether oxygens (including phenoxy) is 1. The Kier molecular flexibility index (Phi) is 7.22. The summed E-state index contributed by atoms with van der Waals surface area (Å²) in [6.45, 7) is 6.78. The Balaban J connectivity index is 1.51. The van der Waals surface area contributed by atoms with Crippen LogP contribution < -0.4 is 10.9 Å². The van der Waals surface area contributed by atoms with Crippen LogP contribution in [0.1, 0.15) is 35.1 Å². The molecule has 2 aromatic carbocycles. The monoisotopic (exact) mass is 449 g/mol. The molecule has 168 valence electrons. The van der Waals surface area contributed by atoms with E-state index in [-0.39, 0.29) is 11.7 Å². The zero-order chi connectivity index (χ0) is 22.5. The van der Waals surface area contributed by atoms with Crippen LogP contribution >= 0.6 is 12.2 Å². The maximum atomic E-state index is 12.9. The summed E-state index contributed by atoms with van der Waals surface area (Å²) in [7, 11) is 0. The van der Waals surface area contributed by atoms with Crippen molar-refractivity contribution in [3.8, 4) is 0 Å². The highest BCUT2D eigenvalue weighted by Gasteiger charge is 2.22. The lowest BCUT2D eigenvalue weighted by Gasteiger charge is -2.28.